The molecule has 0 aliphatic rings. The minimum Gasteiger partial charge on any atom is -0.481 e. The standard InChI is InChI=1S/C25H27ClFN3O5/c1-25(2,3)21(31)14-35-22-12-19(29-30(22)20-11-7-6-10-17(20)27)24(34)28-18(13-23(32)33)15-8-4-5-9-16(15)26/h4-12,18,21,31H,13-14H2,1-3H3,(H,28,34)(H,32,33). The van der Waals surface area contributed by atoms with E-state index >= 15 is 0 Å². The second kappa shape index (κ2) is 10.9. The zero-order chi connectivity index (χ0) is 25.8. The van der Waals surface area contributed by atoms with Crippen LogP contribution in [0.1, 0.15) is 49.3 Å². The van der Waals surface area contributed by atoms with E-state index in [1.807, 2.05) is 20.8 Å². The van der Waals surface area contributed by atoms with E-state index in [2.05, 4.69) is 10.4 Å². The molecule has 0 saturated heterocycles. The van der Waals surface area contributed by atoms with Crippen LogP contribution in [0.4, 0.5) is 4.39 Å². The number of carboxylic acids is 1. The lowest BCUT2D eigenvalue weighted by atomic mass is 9.90. The number of nitrogens with one attached hydrogen (secondary N) is 1. The van der Waals surface area contributed by atoms with Gasteiger partial charge in [-0.05, 0) is 29.2 Å². The molecular formula is C25H27ClFN3O5. The molecule has 3 rings (SSSR count). The Morgan fingerprint density at radius 3 is 2.46 bits per heavy atom. The molecule has 0 aliphatic carbocycles. The Morgan fingerprint density at radius 2 is 1.83 bits per heavy atom. The molecule has 0 saturated carbocycles. The van der Waals surface area contributed by atoms with Crippen LogP contribution in [0, 0.1) is 11.2 Å². The molecule has 0 aliphatic heterocycles. The van der Waals surface area contributed by atoms with E-state index in [0.29, 0.717) is 10.6 Å². The summed E-state index contributed by atoms with van der Waals surface area (Å²) in [6, 6.07) is 12.8. The summed E-state index contributed by atoms with van der Waals surface area (Å²) >= 11 is 6.22. The van der Waals surface area contributed by atoms with E-state index < -0.39 is 41.7 Å². The van der Waals surface area contributed by atoms with Gasteiger partial charge in [-0.2, -0.15) is 9.78 Å². The summed E-state index contributed by atoms with van der Waals surface area (Å²) in [6.45, 7) is 5.40. The lowest BCUT2D eigenvalue weighted by Gasteiger charge is -2.25. The Bertz CT molecular complexity index is 1210. The third-order valence-electron chi connectivity index (χ3n) is 5.34. The number of hydrogen-bond acceptors (Lipinski definition) is 5. The van der Waals surface area contributed by atoms with Gasteiger partial charge in [-0.1, -0.05) is 62.7 Å². The van der Waals surface area contributed by atoms with Crippen molar-refractivity contribution >= 4 is 23.5 Å². The molecule has 1 aromatic heterocycles. The van der Waals surface area contributed by atoms with E-state index in [4.69, 9.17) is 16.3 Å². The van der Waals surface area contributed by atoms with Gasteiger partial charge >= 0.3 is 5.97 Å². The number of aromatic nitrogens is 2. The van der Waals surface area contributed by atoms with Gasteiger partial charge in [-0.3, -0.25) is 9.59 Å². The summed E-state index contributed by atoms with van der Waals surface area (Å²) < 4.78 is 21.4. The summed E-state index contributed by atoms with van der Waals surface area (Å²) in [6.07, 6.45) is -1.26. The highest BCUT2D eigenvalue weighted by atomic mass is 35.5. The zero-order valence-electron chi connectivity index (χ0n) is 19.5. The molecule has 0 radical (unpaired) electrons. The number of aliphatic carboxylic acids is 1. The molecule has 3 N–H and O–H groups in total. The molecule has 186 valence electrons. The number of amides is 1. The predicted molar refractivity (Wildman–Crippen MR) is 128 cm³/mol. The van der Waals surface area contributed by atoms with Crippen LogP contribution in [0.3, 0.4) is 0 Å². The quantitative estimate of drug-likeness (QED) is 0.399. The number of hydrogen-bond donors (Lipinski definition) is 3. The summed E-state index contributed by atoms with van der Waals surface area (Å²) in [4.78, 5) is 24.5. The minimum absolute atomic E-state index is 0.0380. The van der Waals surface area contributed by atoms with Gasteiger partial charge in [-0.15, -0.1) is 0 Å². The minimum atomic E-state index is -1.13. The topological polar surface area (TPSA) is 114 Å². The molecular weight excluding hydrogens is 477 g/mol. The largest absolute Gasteiger partial charge is 0.481 e. The van der Waals surface area contributed by atoms with Crippen molar-refractivity contribution in [3.05, 3.63) is 76.7 Å². The van der Waals surface area contributed by atoms with Gasteiger partial charge in [0.25, 0.3) is 5.91 Å². The van der Waals surface area contributed by atoms with Gasteiger partial charge in [0, 0.05) is 11.1 Å². The normalized spacial score (nSPS) is 13.2. The van der Waals surface area contributed by atoms with Crippen LogP contribution in [0.5, 0.6) is 5.88 Å². The number of carboxylic acid groups (broad SMARTS) is 1. The summed E-state index contributed by atoms with van der Waals surface area (Å²) in [5.74, 6) is -2.39. The van der Waals surface area contributed by atoms with Gasteiger partial charge in [0.05, 0.1) is 18.6 Å². The van der Waals surface area contributed by atoms with Crippen molar-refractivity contribution in [1.29, 1.82) is 0 Å². The monoisotopic (exact) mass is 503 g/mol. The Hall–Kier alpha value is -3.43. The average Bonchev–Trinajstić information content (AvgIpc) is 3.21. The molecule has 1 heterocycles. The van der Waals surface area contributed by atoms with E-state index in [1.165, 1.54) is 24.3 Å². The van der Waals surface area contributed by atoms with E-state index in [9.17, 15) is 24.2 Å². The molecule has 0 spiro atoms. The maximum absolute atomic E-state index is 14.5. The van der Waals surface area contributed by atoms with Crippen LogP contribution in [-0.2, 0) is 4.79 Å². The second-order valence-electron chi connectivity index (χ2n) is 9.07. The smallest absolute Gasteiger partial charge is 0.305 e. The first-order valence-corrected chi connectivity index (χ1v) is 11.3. The van der Waals surface area contributed by atoms with E-state index in [1.54, 1.807) is 30.3 Å². The van der Waals surface area contributed by atoms with Crippen LogP contribution in [-0.4, -0.2) is 44.6 Å². The predicted octanol–water partition coefficient (Wildman–Crippen LogP) is 4.40. The highest BCUT2D eigenvalue weighted by molar-refractivity contribution is 6.31. The summed E-state index contributed by atoms with van der Waals surface area (Å²) in [7, 11) is 0. The van der Waals surface area contributed by atoms with Crippen LogP contribution < -0.4 is 10.1 Å². The Morgan fingerprint density at radius 1 is 1.17 bits per heavy atom. The fourth-order valence-electron chi connectivity index (χ4n) is 3.19. The van der Waals surface area contributed by atoms with Gasteiger partial charge < -0.3 is 20.3 Å². The van der Waals surface area contributed by atoms with Crippen molar-refractivity contribution in [2.75, 3.05) is 6.61 Å². The number of ether oxygens (including phenoxy) is 1. The number of carbonyl (C=O) groups is 2. The van der Waals surface area contributed by atoms with E-state index in [0.717, 1.165) is 4.68 Å². The molecule has 2 atom stereocenters. The molecule has 0 bridgehead atoms. The van der Waals surface area contributed by atoms with Crippen LogP contribution in [0.25, 0.3) is 5.69 Å². The lowest BCUT2D eigenvalue weighted by molar-refractivity contribution is -0.137. The number of benzene rings is 2. The Balaban J connectivity index is 1.94. The van der Waals surface area contributed by atoms with Gasteiger partial charge in [-0.25, -0.2) is 4.39 Å². The molecule has 35 heavy (non-hydrogen) atoms. The highest BCUT2D eigenvalue weighted by Gasteiger charge is 2.26. The van der Waals surface area contributed by atoms with E-state index in [-0.39, 0.29) is 23.9 Å². The maximum atomic E-state index is 14.5. The molecule has 3 aromatic rings. The molecule has 10 heteroatoms. The Labute approximate surface area is 207 Å². The number of para-hydroxylation sites is 1. The molecule has 2 unspecified atom stereocenters. The zero-order valence-corrected chi connectivity index (χ0v) is 20.3. The number of aliphatic hydroxyl groups is 1. The number of aliphatic hydroxyl groups excluding tert-OH is 1. The highest BCUT2D eigenvalue weighted by Crippen LogP contribution is 2.27. The first kappa shape index (κ1) is 26.2. The molecule has 1 amide bonds. The fourth-order valence-corrected chi connectivity index (χ4v) is 3.46. The SMILES string of the molecule is CC(C)(C)C(O)COc1cc(C(=O)NC(CC(=O)O)c2ccccc2Cl)nn1-c1ccccc1F. The Kier molecular flexibility index (Phi) is 8.14. The second-order valence-corrected chi connectivity index (χ2v) is 9.48. The third-order valence-corrected chi connectivity index (χ3v) is 5.69. The van der Waals surface area contributed by atoms with Crippen molar-refractivity contribution in [3.63, 3.8) is 0 Å². The first-order valence-electron chi connectivity index (χ1n) is 10.9. The molecule has 0 fully saturated rings. The van der Waals surface area contributed by atoms with Crippen LogP contribution in [0.2, 0.25) is 5.02 Å². The van der Waals surface area contributed by atoms with Gasteiger partial charge in [0.2, 0.25) is 5.88 Å². The van der Waals surface area contributed by atoms with Crippen LogP contribution in [0.15, 0.2) is 54.6 Å². The van der Waals surface area contributed by atoms with Crippen molar-refractivity contribution in [3.8, 4) is 11.6 Å². The van der Waals surface area contributed by atoms with Gasteiger partial charge in [0.1, 0.15) is 18.1 Å². The van der Waals surface area contributed by atoms with Crippen molar-refractivity contribution in [2.24, 2.45) is 5.41 Å². The fraction of sp³-hybridized carbons (Fsp3) is 0.320. The van der Waals surface area contributed by atoms with Crippen molar-refractivity contribution < 1.29 is 28.9 Å². The molecule has 2 aromatic carbocycles. The van der Waals surface area contributed by atoms with Crippen molar-refractivity contribution in [1.82, 2.24) is 15.1 Å². The lowest BCUT2D eigenvalue weighted by Crippen LogP contribution is -2.32. The molecule has 8 nitrogen and oxygen atoms in total. The number of halogens is 2. The first-order chi connectivity index (χ1) is 16.5. The maximum Gasteiger partial charge on any atom is 0.305 e. The summed E-state index contributed by atoms with van der Waals surface area (Å²) in [5, 5.41) is 26.8. The number of nitrogens with zero attached hydrogens (tertiary/aromatic N) is 2. The van der Waals surface area contributed by atoms with Gasteiger partial charge in [0.15, 0.2) is 5.69 Å². The van der Waals surface area contributed by atoms with Crippen LogP contribution >= 0.6 is 11.6 Å². The average molecular weight is 504 g/mol. The summed E-state index contributed by atoms with van der Waals surface area (Å²) in [5.41, 5.74) is -0.124. The number of rotatable bonds is 9. The number of carbonyl (C=O) groups excluding carboxylic acids is 1. The third kappa shape index (κ3) is 6.58. The van der Waals surface area contributed by atoms with Crippen molar-refractivity contribution in [2.45, 2.75) is 39.3 Å².